The van der Waals surface area contributed by atoms with Crippen LogP contribution in [0.1, 0.15) is 35.6 Å². The lowest BCUT2D eigenvalue weighted by atomic mass is 10.0. The number of aromatic carboxylic acids is 1. The maximum absolute atomic E-state index is 11.2. The Bertz CT molecular complexity index is 1130. The maximum atomic E-state index is 11.2. The van der Waals surface area contributed by atoms with Gasteiger partial charge in [-0.1, -0.05) is 6.08 Å². The van der Waals surface area contributed by atoms with Gasteiger partial charge < -0.3 is 10.4 Å². The van der Waals surface area contributed by atoms with Crippen LogP contribution in [-0.2, 0) is 0 Å². The summed E-state index contributed by atoms with van der Waals surface area (Å²) in [6, 6.07) is 3.94. The third-order valence-electron chi connectivity index (χ3n) is 4.32. The van der Waals surface area contributed by atoms with Gasteiger partial charge in [-0.05, 0) is 44.6 Å². The molecule has 0 saturated carbocycles. The van der Waals surface area contributed by atoms with Gasteiger partial charge in [-0.25, -0.2) is 14.8 Å². The number of aryl methyl sites for hydroxylation is 1. The number of hydrogen-bond acceptors (Lipinski definition) is 6. The first-order valence-corrected chi connectivity index (χ1v) is 9.09. The van der Waals surface area contributed by atoms with E-state index in [2.05, 4.69) is 25.3 Å². The van der Waals surface area contributed by atoms with Crippen molar-refractivity contribution >= 4 is 23.1 Å². The maximum Gasteiger partial charge on any atom is 0.354 e. The van der Waals surface area contributed by atoms with Crippen LogP contribution in [-0.4, -0.2) is 42.7 Å². The number of nitrogens with one attached hydrogen (secondary N) is 1. The van der Waals surface area contributed by atoms with E-state index in [4.69, 9.17) is 0 Å². The number of carboxylic acid groups (broad SMARTS) is 1. The number of carbonyl (C=O) groups is 1. The summed E-state index contributed by atoms with van der Waals surface area (Å²) in [4.78, 5) is 28.5. The molecule has 0 aliphatic carbocycles. The minimum absolute atomic E-state index is 0.0877. The molecule has 0 atom stereocenters. The third-order valence-corrected chi connectivity index (χ3v) is 4.32. The number of pyridine rings is 1. The fraction of sp³-hybridized carbons (Fsp3) is 0.190. The Morgan fingerprint density at radius 3 is 2.86 bits per heavy atom. The number of aliphatic imine (C=N–C) groups is 1. The van der Waals surface area contributed by atoms with Crippen molar-refractivity contribution in [2.24, 2.45) is 4.99 Å². The molecule has 0 bridgehead atoms. The van der Waals surface area contributed by atoms with Gasteiger partial charge in [-0.15, -0.1) is 0 Å². The van der Waals surface area contributed by atoms with Gasteiger partial charge in [-0.3, -0.25) is 14.4 Å². The fourth-order valence-electron chi connectivity index (χ4n) is 2.77. The molecule has 0 aliphatic rings. The molecule has 148 valence electrons. The second kappa shape index (κ2) is 8.92. The van der Waals surface area contributed by atoms with Gasteiger partial charge in [0.05, 0.1) is 11.9 Å². The van der Waals surface area contributed by atoms with Crippen LogP contribution in [0.2, 0.25) is 0 Å². The van der Waals surface area contributed by atoms with Gasteiger partial charge in [0, 0.05) is 42.6 Å². The molecule has 29 heavy (non-hydrogen) atoms. The molecule has 8 nitrogen and oxygen atoms in total. The Labute approximate surface area is 168 Å². The first-order valence-electron chi connectivity index (χ1n) is 9.09. The molecule has 0 amide bonds. The summed E-state index contributed by atoms with van der Waals surface area (Å²) >= 11 is 0. The van der Waals surface area contributed by atoms with Gasteiger partial charge in [0.2, 0.25) is 0 Å². The van der Waals surface area contributed by atoms with Gasteiger partial charge in [0.15, 0.2) is 17.2 Å². The molecule has 0 aromatic carbocycles. The van der Waals surface area contributed by atoms with E-state index in [1.165, 1.54) is 16.8 Å². The molecule has 3 rings (SSSR count). The van der Waals surface area contributed by atoms with Crippen molar-refractivity contribution in [3.8, 4) is 0 Å². The first-order chi connectivity index (χ1) is 14.0. The molecular weight excluding hydrogens is 368 g/mol. The Morgan fingerprint density at radius 1 is 1.31 bits per heavy atom. The number of hydrogen-bond donors (Lipinski definition) is 2. The molecule has 8 heteroatoms. The fourth-order valence-corrected chi connectivity index (χ4v) is 2.77. The van der Waals surface area contributed by atoms with Crippen LogP contribution in [0.3, 0.4) is 0 Å². The van der Waals surface area contributed by atoms with Crippen LogP contribution in [0.15, 0.2) is 65.8 Å². The monoisotopic (exact) mass is 390 g/mol. The lowest BCUT2D eigenvalue weighted by molar-refractivity contribution is 0.0689. The molecule has 2 N–H and O–H groups in total. The Hall–Kier alpha value is -3.81. The normalized spacial score (nSPS) is 12.7. The number of carboxylic acids is 1. The molecular formula is C21H22N6O2. The minimum Gasteiger partial charge on any atom is -0.477 e. The molecule has 0 radical (unpaired) electrons. The van der Waals surface area contributed by atoms with Crippen molar-refractivity contribution < 1.29 is 9.90 Å². The predicted octanol–water partition coefficient (Wildman–Crippen LogP) is 3.51. The molecule has 3 heterocycles. The quantitative estimate of drug-likeness (QED) is 0.598. The number of aromatic nitrogens is 4. The molecule has 0 unspecified atom stereocenters. The Balaban J connectivity index is 1.75. The van der Waals surface area contributed by atoms with Gasteiger partial charge in [-0.2, -0.15) is 0 Å². The SMILES string of the molecule is C\C=C(C)/C(=N\C=C\CNc1nccn2c(C(=O)O)cnc12)c1ccnc(C)c1. The highest BCUT2D eigenvalue weighted by molar-refractivity contribution is 6.12. The molecule has 0 fully saturated rings. The number of nitrogens with zero attached hydrogens (tertiary/aromatic N) is 5. The van der Waals surface area contributed by atoms with E-state index in [1.807, 2.05) is 45.1 Å². The van der Waals surface area contributed by atoms with E-state index < -0.39 is 5.97 Å². The van der Waals surface area contributed by atoms with Crippen LogP contribution in [0.25, 0.3) is 5.65 Å². The zero-order chi connectivity index (χ0) is 20.8. The van der Waals surface area contributed by atoms with Crippen LogP contribution >= 0.6 is 0 Å². The highest BCUT2D eigenvalue weighted by atomic mass is 16.4. The largest absolute Gasteiger partial charge is 0.477 e. The second-order valence-corrected chi connectivity index (χ2v) is 6.32. The van der Waals surface area contributed by atoms with E-state index in [0.29, 0.717) is 18.0 Å². The lowest BCUT2D eigenvalue weighted by Gasteiger charge is -2.07. The topological polar surface area (TPSA) is 105 Å². The second-order valence-electron chi connectivity index (χ2n) is 6.32. The smallest absolute Gasteiger partial charge is 0.354 e. The number of anilines is 1. The van der Waals surface area contributed by atoms with Crippen molar-refractivity contribution in [2.75, 3.05) is 11.9 Å². The zero-order valence-electron chi connectivity index (χ0n) is 16.5. The number of imidazole rings is 1. The molecule has 3 aromatic heterocycles. The molecule has 0 saturated heterocycles. The summed E-state index contributed by atoms with van der Waals surface area (Å²) in [6.45, 7) is 6.41. The van der Waals surface area contributed by atoms with E-state index in [1.54, 1.807) is 18.6 Å². The molecule has 0 aliphatic heterocycles. The van der Waals surface area contributed by atoms with E-state index >= 15 is 0 Å². The first kappa shape index (κ1) is 19.9. The van der Waals surface area contributed by atoms with Crippen molar-refractivity contribution in [2.45, 2.75) is 20.8 Å². The third kappa shape index (κ3) is 4.55. The van der Waals surface area contributed by atoms with Crippen LogP contribution in [0, 0.1) is 6.92 Å². The molecule has 0 spiro atoms. The Kier molecular flexibility index (Phi) is 6.13. The van der Waals surface area contributed by atoms with Gasteiger partial charge >= 0.3 is 5.97 Å². The number of allylic oxidation sites excluding steroid dienone is 2. The number of rotatable bonds is 7. The van der Waals surface area contributed by atoms with Crippen molar-refractivity contribution in [3.05, 3.63) is 77.8 Å². The molecule has 3 aromatic rings. The summed E-state index contributed by atoms with van der Waals surface area (Å²) in [5.41, 5.74) is 4.44. The summed E-state index contributed by atoms with van der Waals surface area (Å²) < 4.78 is 1.48. The van der Waals surface area contributed by atoms with Crippen molar-refractivity contribution in [3.63, 3.8) is 0 Å². The summed E-state index contributed by atoms with van der Waals surface area (Å²) in [7, 11) is 0. The van der Waals surface area contributed by atoms with Gasteiger partial charge in [0.25, 0.3) is 0 Å². The van der Waals surface area contributed by atoms with Crippen molar-refractivity contribution in [1.82, 2.24) is 19.4 Å². The summed E-state index contributed by atoms with van der Waals surface area (Å²) in [5, 5.41) is 12.3. The standard InChI is InChI=1S/C21H22N6O2/c1-4-14(2)18(16-6-9-22-15(3)12-16)23-7-5-8-24-19-20-26-13-17(21(28)29)27(20)11-10-25-19/h4-7,9-13H,8H2,1-3H3,(H,24,25)(H,28,29)/b7-5+,14-4-,23-18+. The zero-order valence-corrected chi connectivity index (χ0v) is 16.5. The highest BCUT2D eigenvalue weighted by Crippen LogP contribution is 2.14. The van der Waals surface area contributed by atoms with E-state index in [9.17, 15) is 9.90 Å². The lowest BCUT2D eigenvalue weighted by Crippen LogP contribution is -2.06. The minimum atomic E-state index is -1.04. The van der Waals surface area contributed by atoms with E-state index in [-0.39, 0.29) is 5.69 Å². The number of fused-ring (bicyclic) bond motifs is 1. The van der Waals surface area contributed by atoms with Gasteiger partial charge in [0.1, 0.15) is 0 Å². The van der Waals surface area contributed by atoms with Crippen molar-refractivity contribution in [1.29, 1.82) is 0 Å². The van der Waals surface area contributed by atoms with Crippen LogP contribution < -0.4 is 5.32 Å². The highest BCUT2D eigenvalue weighted by Gasteiger charge is 2.12. The average Bonchev–Trinajstić information content (AvgIpc) is 3.15. The summed E-state index contributed by atoms with van der Waals surface area (Å²) in [6.07, 6.45) is 11.8. The van der Waals surface area contributed by atoms with Crippen LogP contribution in [0.4, 0.5) is 5.82 Å². The van der Waals surface area contributed by atoms with Crippen LogP contribution in [0.5, 0.6) is 0 Å². The average molecular weight is 390 g/mol. The summed E-state index contributed by atoms with van der Waals surface area (Å²) in [5.74, 6) is -0.537. The predicted molar refractivity (Wildman–Crippen MR) is 113 cm³/mol. The van der Waals surface area contributed by atoms with E-state index in [0.717, 1.165) is 22.5 Å². The Morgan fingerprint density at radius 2 is 2.14 bits per heavy atom.